The highest BCUT2D eigenvalue weighted by Crippen LogP contribution is 2.31. The molecular formula is C19H20Cl2N2O4S. The number of amides is 1. The van der Waals surface area contributed by atoms with Gasteiger partial charge in [-0.2, -0.15) is 4.31 Å². The summed E-state index contributed by atoms with van der Waals surface area (Å²) in [4.78, 5) is 14.4. The fourth-order valence-corrected chi connectivity index (χ4v) is 5.26. The molecule has 6 nitrogen and oxygen atoms in total. The normalized spacial score (nSPS) is 15.6. The molecule has 150 valence electrons. The molecule has 1 aliphatic heterocycles. The van der Waals surface area contributed by atoms with E-state index in [4.69, 9.17) is 27.9 Å². The minimum absolute atomic E-state index is 0.0117. The van der Waals surface area contributed by atoms with Crippen LogP contribution < -0.4 is 0 Å². The monoisotopic (exact) mass is 442 g/mol. The molecule has 1 amide bonds. The molecule has 2 aromatic carbocycles. The number of rotatable bonds is 5. The first-order valence-corrected chi connectivity index (χ1v) is 10.9. The molecule has 0 unspecified atom stereocenters. The number of ether oxygens (including phenoxy) is 1. The maximum absolute atomic E-state index is 12.9. The maximum Gasteiger partial charge on any atom is 0.253 e. The summed E-state index contributed by atoms with van der Waals surface area (Å²) in [5, 5.41) is 0.199. The van der Waals surface area contributed by atoms with Crippen molar-refractivity contribution in [3.63, 3.8) is 0 Å². The second-order valence-electron chi connectivity index (χ2n) is 6.38. The van der Waals surface area contributed by atoms with Gasteiger partial charge in [-0.25, -0.2) is 8.42 Å². The predicted octanol–water partition coefficient (Wildman–Crippen LogP) is 3.29. The fraction of sp³-hybridized carbons (Fsp3) is 0.316. The Balaban J connectivity index is 1.71. The van der Waals surface area contributed by atoms with Gasteiger partial charge < -0.3 is 9.64 Å². The van der Waals surface area contributed by atoms with Gasteiger partial charge in [-0.1, -0.05) is 41.4 Å². The van der Waals surface area contributed by atoms with E-state index >= 15 is 0 Å². The lowest BCUT2D eigenvalue weighted by atomic mass is 10.1. The smallest absolute Gasteiger partial charge is 0.253 e. The molecule has 9 heteroatoms. The lowest BCUT2D eigenvalue weighted by Crippen LogP contribution is -2.50. The van der Waals surface area contributed by atoms with Crippen molar-refractivity contribution >= 4 is 39.1 Å². The van der Waals surface area contributed by atoms with Gasteiger partial charge in [0.15, 0.2) is 0 Å². The molecule has 1 saturated heterocycles. The van der Waals surface area contributed by atoms with E-state index < -0.39 is 10.0 Å². The van der Waals surface area contributed by atoms with E-state index in [2.05, 4.69) is 0 Å². The maximum atomic E-state index is 12.9. The van der Waals surface area contributed by atoms with Crippen LogP contribution in [-0.2, 0) is 21.4 Å². The third-order valence-corrected chi connectivity index (χ3v) is 7.42. The predicted molar refractivity (Wildman–Crippen MR) is 108 cm³/mol. The number of halogens is 2. The van der Waals surface area contributed by atoms with E-state index in [1.54, 1.807) is 30.2 Å². The minimum atomic E-state index is -3.78. The SMILES string of the molecule is COCc1cccc(C(=O)N2CCN(S(=O)(=O)c3cccc(Cl)c3Cl)CC2)c1. The molecule has 0 bridgehead atoms. The Morgan fingerprint density at radius 1 is 1.07 bits per heavy atom. The van der Waals surface area contributed by atoms with Crippen molar-refractivity contribution in [2.75, 3.05) is 33.3 Å². The van der Waals surface area contributed by atoms with Crippen molar-refractivity contribution in [3.05, 3.63) is 63.6 Å². The van der Waals surface area contributed by atoms with E-state index in [9.17, 15) is 13.2 Å². The van der Waals surface area contributed by atoms with Crippen LogP contribution in [0, 0.1) is 0 Å². The van der Waals surface area contributed by atoms with Crippen LogP contribution in [-0.4, -0.2) is 56.8 Å². The van der Waals surface area contributed by atoms with Crippen LogP contribution in [0.3, 0.4) is 0 Å². The van der Waals surface area contributed by atoms with Crippen LogP contribution in [0.25, 0.3) is 0 Å². The van der Waals surface area contributed by atoms with E-state index in [-0.39, 0.29) is 33.9 Å². The zero-order chi connectivity index (χ0) is 20.3. The van der Waals surface area contributed by atoms with Crippen LogP contribution in [0.5, 0.6) is 0 Å². The molecule has 1 heterocycles. The van der Waals surface area contributed by atoms with Gasteiger partial charge in [0.25, 0.3) is 5.91 Å². The lowest BCUT2D eigenvalue weighted by Gasteiger charge is -2.34. The second-order valence-corrected chi connectivity index (χ2v) is 9.07. The van der Waals surface area contributed by atoms with E-state index in [1.165, 1.54) is 16.4 Å². The second kappa shape index (κ2) is 8.80. The van der Waals surface area contributed by atoms with Gasteiger partial charge in [-0.05, 0) is 29.8 Å². The molecule has 0 aliphatic carbocycles. The number of carbonyl (C=O) groups is 1. The summed E-state index contributed by atoms with van der Waals surface area (Å²) in [6, 6.07) is 11.8. The van der Waals surface area contributed by atoms with Crippen molar-refractivity contribution in [3.8, 4) is 0 Å². The first-order chi connectivity index (χ1) is 13.3. The highest BCUT2D eigenvalue weighted by molar-refractivity contribution is 7.89. The average Bonchev–Trinajstić information content (AvgIpc) is 2.70. The molecule has 0 radical (unpaired) electrons. The Labute approximate surface area is 174 Å². The van der Waals surface area contributed by atoms with Crippen LogP contribution in [0.4, 0.5) is 0 Å². The highest BCUT2D eigenvalue weighted by Gasteiger charge is 2.32. The van der Waals surface area contributed by atoms with Gasteiger partial charge in [-0.3, -0.25) is 4.79 Å². The number of hydrogen-bond donors (Lipinski definition) is 0. The van der Waals surface area contributed by atoms with Crippen LogP contribution in [0.15, 0.2) is 47.4 Å². The van der Waals surface area contributed by atoms with Crippen LogP contribution in [0.2, 0.25) is 10.0 Å². The third-order valence-electron chi connectivity index (χ3n) is 4.54. The number of piperazine rings is 1. The van der Waals surface area contributed by atoms with Crippen LogP contribution in [0.1, 0.15) is 15.9 Å². The summed E-state index contributed by atoms with van der Waals surface area (Å²) >= 11 is 12.0. The van der Waals surface area contributed by atoms with Crippen molar-refractivity contribution < 1.29 is 17.9 Å². The van der Waals surface area contributed by atoms with Gasteiger partial charge in [0, 0.05) is 38.9 Å². The van der Waals surface area contributed by atoms with Crippen LogP contribution >= 0.6 is 23.2 Å². The summed E-state index contributed by atoms with van der Waals surface area (Å²) in [6.07, 6.45) is 0. The average molecular weight is 443 g/mol. The molecule has 3 rings (SSSR count). The molecule has 0 aromatic heterocycles. The van der Waals surface area contributed by atoms with Crippen molar-refractivity contribution in [2.24, 2.45) is 0 Å². The Bertz CT molecular complexity index is 974. The molecule has 1 aliphatic rings. The molecule has 2 aromatic rings. The van der Waals surface area contributed by atoms with E-state index in [0.717, 1.165) is 5.56 Å². The number of hydrogen-bond acceptors (Lipinski definition) is 4. The number of sulfonamides is 1. The third kappa shape index (κ3) is 4.34. The summed E-state index contributed by atoms with van der Waals surface area (Å²) in [5.74, 6) is -0.129. The molecule has 0 saturated carbocycles. The van der Waals surface area contributed by atoms with Gasteiger partial charge in [0.05, 0.1) is 16.7 Å². The topological polar surface area (TPSA) is 66.9 Å². The zero-order valence-electron chi connectivity index (χ0n) is 15.3. The number of methoxy groups -OCH3 is 1. The first kappa shape index (κ1) is 21.1. The molecule has 1 fully saturated rings. The molecule has 0 N–H and O–H groups in total. The highest BCUT2D eigenvalue weighted by atomic mass is 35.5. The fourth-order valence-electron chi connectivity index (χ4n) is 3.10. The van der Waals surface area contributed by atoms with Gasteiger partial charge in [0.2, 0.25) is 10.0 Å². The minimum Gasteiger partial charge on any atom is -0.380 e. The summed E-state index contributed by atoms with van der Waals surface area (Å²) in [6.45, 7) is 1.40. The van der Waals surface area contributed by atoms with Gasteiger partial charge in [-0.15, -0.1) is 0 Å². The lowest BCUT2D eigenvalue weighted by molar-refractivity contribution is 0.0697. The number of carbonyl (C=O) groups excluding carboxylic acids is 1. The number of benzene rings is 2. The van der Waals surface area contributed by atoms with Gasteiger partial charge >= 0.3 is 0 Å². The molecule has 0 spiro atoms. The Kier molecular flexibility index (Phi) is 6.62. The summed E-state index contributed by atoms with van der Waals surface area (Å²) in [5.41, 5.74) is 1.47. The molecular weight excluding hydrogens is 423 g/mol. The zero-order valence-corrected chi connectivity index (χ0v) is 17.6. The summed E-state index contributed by atoms with van der Waals surface area (Å²) < 4.78 is 32.2. The summed E-state index contributed by atoms with van der Waals surface area (Å²) in [7, 11) is -2.18. The molecule has 28 heavy (non-hydrogen) atoms. The standard InChI is InChI=1S/C19H20Cl2N2O4S/c1-27-13-14-4-2-5-15(12-14)19(24)22-8-10-23(11-9-22)28(25,26)17-7-3-6-16(20)18(17)21/h2-7,12H,8-11,13H2,1H3. The van der Waals surface area contributed by atoms with E-state index in [1.807, 2.05) is 12.1 Å². The Hall–Kier alpha value is -1.64. The van der Waals surface area contributed by atoms with Gasteiger partial charge in [0.1, 0.15) is 4.90 Å². The largest absolute Gasteiger partial charge is 0.380 e. The first-order valence-electron chi connectivity index (χ1n) is 8.66. The quantitative estimate of drug-likeness (QED) is 0.712. The Morgan fingerprint density at radius 3 is 2.43 bits per heavy atom. The Morgan fingerprint density at radius 2 is 1.75 bits per heavy atom. The van der Waals surface area contributed by atoms with Crippen molar-refractivity contribution in [1.82, 2.24) is 9.21 Å². The van der Waals surface area contributed by atoms with Crippen molar-refractivity contribution in [1.29, 1.82) is 0 Å². The molecule has 0 atom stereocenters. The number of nitrogens with zero attached hydrogens (tertiary/aromatic N) is 2. The van der Waals surface area contributed by atoms with Crippen molar-refractivity contribution in [2.45, 2.75) is 11.5 Å². The van der Waals surface area contributed by atoms with E-state index in [0.29, 0.717) is 25.3 Å².